The Kier molecular flexibility index (Phi) is 12.2. The summed E-state index contributed by atoms with van der Waals surface area (Å²) in [5.41, 5.74) is 6.72. The molecule has 7 nitrogen and oxygen atoms in total. The van der Waals surface area contributed by atoms with Gasteiger partial charge >= 0.3 is 0 Å². The smallest absolute Gasteiger partial charge is 0.287 e. The van der Waals surface area contributed by atoms with Gasteiger partial charge in [0.25, 0.3) is 5.91 Å². The average Bonchev–Trinajstić information content (AvgIpc) is 3.51. The lowest BCUT2D eigenvalue weighted by Crippen LogP contribution is -2.25. The fourth-order valence-electron chi connectivity index (χ4n) is 6.34. The summed E-state index contributed by atoms with van der Waals surface area (Å²) >= 11 is 0. The van der Waals surface area contributed by atoms with Crippen LogP contribution in [0.25, 0.3) is 11.0 Å². The predicted molar refractivity (Wildman–Crippen MR) is 192 cm³/mol. The van der Waals surface area contributed by atoms with E-state index in [1.165, 1.54) is 33.9 Å². The number of aryl methyl sites for hydroxylation is 2. The van der Waals surface area contributed by atoms with Gasteiger partial charge in [0.05, 0.1) is 12.0 Å². The predicted octanol–water partition coefficient (Wildman–Crippen LogP) is 8.41. The van der Waals surface area contributed by atoms with Crippen LogP contribution >= 0.6 is 0 Å². The van der Waals surface area contributed by atoms with E-state index < -0.39 is 5.91 Å². The Hall–Kier alpha value is -4.65. The van der Waals surface area contributed by atoms with Crippen LogP contribution in [0.5, 0.6) is 5.75 Å². The van der Waals surface area contributed by atoms with Crippen LogP contribution in [0.2, 0.25) is 0 Å². The maximum absolute atomic E-state index is 12.7. The average molecular weight is 649 g/mol. The molecule has 1 aromatic heterocycles. The van der Waals surface area contributed by atoms with Crippen LogP contribution in [0.3, 0.4) is 0 Å². The topological polar surface area (TPSA) is 88.8 Å². The molecule has 2 amide bonds. The molecule has 252 valence electrons. The highest BCUT2D eigenvalue weighted by atomic mass is 16.5. The number of rotatable bonds is 10. The molecule has 7 heteroatoms. The minimum Gasteiger partial charge on any atom is -0.494 e. The van der Waals surface area contributed by atoms with Crippen LogP contribution in [0.4, 0.5) is 0 Å². The van der Waals surface area contributed by atoms with Crippen molar-refractivity contribution in [2.45, 2.75) is 84.6 Å². The van der Waals surface area contributed by atoms with Gasteiger partial charge in [-0.05, 0) is 87.6 Å². The molecule has 6 rings (SSSR count). The van der Waals surface area contributed by atoms with Crippen molar-refractivity contribution >= 4 is 22.8 Å². The second-order valence-electron chi connectivity index (χ2n) is 13.0. The van der Waals surface area contributed by atoms with Crippen molar-refractivity contribution in [2.24, 2.45) is 0 Å². The Morgan fingerprint density at radius 3 is 2.38 bits per heavy atom. The number of nitrogens with zero attached hydrogens (tertiary/aromatic N) is 1. The lowest BCUT2D eigenvalue weighted by Gasteiger charge is -2.27. The number of nitrogens with one attached hydrogen (secondary N) is 1. The van der Waals surface area contributed by atoms with E-state index in [9.17, 15) is 14.4 Å². The van der Waals surface area contributed by atoms with Gasteiger partial charge in [0.1, 0.15) is 11.3 Å². The maximum atomic E-state index is 12.7. The quantitative estimate of drug-likeness (QED) is 0.138. The molecule has 2 fully saturated rings. The van der Waals surface area contributed by atoms with Crippen LogP contribution < -0.4 is 15.5 Å². The fourth-order valence-corrected chi connectivity index (χ4v) is 6.34. The van der Waals surface area contributed by atoms with Crippen molar-refractivity contribution < 1.29 is 18.7 Å². The highest BCUT2D eigenvalue weighted by Crippen LogP contribution is 2.37. The first kappa shape index (κ1) is 34.7. The van der Waals surface area contributed by atoms with Crippen LogP contribution in [0.1, 0.15) is 97.0 Å². The second-order valence-corrected chi connectivity index (χ2v) is 13.0. The summed E-state index contributed by atoms with van der Waals surface area (Å²) in [7, 11) is 0. The molecule has 0 atom stereocenters. The third kappa shape index (κ3) is 9.46. The van der Waals surface area contributed by atoms with Gasteiger partial charge in [-0.3, -0.25) is 14.4 Å². The van der Waals surface area contributed by atoms with Crippen molar-refractivity contribution in [3.63, 3.8) is 0 Å². The lowest BCUT2D eigenvalue weighted by molar-refractivity contribution is -0.128. The number of ether oxygens (including phenoxy) is 1. The van der Waals surface area contributed by atoms with Crippen molar-refractivity contribution in [2.75, 3.05) is 19.7 Å². The number of amides is 2. The van der Waals surface area contributed by atoms with Crippen LogP contribution in [0.15, 0.2) is 93.7 Å². The molecule has 1 N–H and O–H groups in total. The fraction of sp³-hybridized carbons (Fsp3) is 0.390. The molecule has 3 aromatic carbocycles. The summed E-state index contributed by atoms with van der Waals surface area (Å²) in [4.78, 5) is 39.5. The van der Waals surface area contributed by atoms with Gasteiger partial charge in [0.15, 0.2) is 11.2 Å². The van der Waals surface area contributed by atoms with E-state index >= 15 is 0 Å². The first-order valence-electron chi connectivity index (χ1n) is 17.4. The number of fused-ring (bicyclic) bond motifs is 1. The summed E-state index contributed by atoms with van der Waals surface area (Å²) in [6.07, 6.45) is 9.74. The summed E-state index contributed by atoms with van der Waals surface area (Å²) < 4.78 is 11.4. The molecule has 1 saturated heterocycles. The van der Waals surface area contributed by atoms with Gasteiger partial charge in [0, 0.05) is 32.1 Å². The summed E-state index contributed by atoms with van der Waals surface area (Å²) in [6, 6.07) is 23.4. The summed E-state index contributed by atoms with van der Waals surface area (Å²) in [5.74, 6) is 0.961. The van der Waals surface area contributed by atoms with Gasteiger partial charge in [-0.15, -0.1) is 0 Å². The SMILES string of the molecule is CCCCOc1ccc2oc(C(=O)NCC=C3CCC(c4ccccc4CN4CCCC4=O)CC3)cc(=O)c2c1.Cc1ccc(C)cc1. The Labute approximate surface area is 284 Å². The van der Waals surface area contributed by atoms with Gasteiger partial charge in [-0.25, -0.2) is 0 Å². The number of hydrogen-bond acceptors (Lipinski definition) is 5. The van der Waals surface area contributed by atoms with E-state index in [0.717, 1.165) is 51.5 Å². The molecule has 2 aliphatic rings. The molecule has 0 bridgehead atoms. The Bertz CT molecular complexity index is 1760. The molecule has 1 aliphatic carbocycles. The Balaban J connectivity index is 0.000000494. The highest BCUT2D eigenvalue weighted by Gasteiger charge is 2.24. The normalized spacial score (nSPS) is 16.0. The molecular formula is C41H48N2O5. The van der Waals surface area contributed by atoms with Crippen molar-refractivity contribution in [3.05, 3.63) is 123 Å². The van der Waals surface area contributed by atoms with E-state index in [1.54, 1.807) is 18.2 Å². The van der Waals surface area contributed by atoms with Crippen molar-refractivity contribution in [3.8, 4) is 5.75 Å². The molecule has 1 saturated carbocycles. The number of hydrogen-bond donors (Lipinski definition) is 1. The van der Waals surface area contributed by atoms with Crippen LogP contribution in [0, 0.1) is 13.8 Å². The molecule has 4 aromatic rings. The number of unbranched alkanes of at least 4 members (excludes halogenated alkanes) is 1. The van der Waals surface area contributed by atoms with Gasteiger partial charge in [-0.2, -0.15) is 0 Å². The zero-order valence-electron chi connectivity index (χ0n) is 28.6. The van der Waals surface area contributed by atoms with E-state index in [0.29, 0.717) is 48.8 Å². The van der Waals surface area contributed by atoms with E-state index in [1.807, 2.05) is 4.90 Å². The monoisotopic (exact) mass is 648 g/mol. The van der Waals surface area contributed by atoms with Crippen LogP contribution in [-0.4, -0.2) is 36.4 Å². The molecule has 0 spiro atoms. The largest absolute Gasteiger partial charge is 0.494 e. The number of carbonyl (C=O) groups excluding carboxylic acids is 2. The molecule has 0 radical (unpaired) electrons. The van der Waals surface area contributed by atoms with Crippen molar-refractivity contribution in [1.29, 1.82) is 0 Å². The van der Waals surface area contributed by atoms with E-state index in [-0.39, 0.29) is 17.1 Å². The molecular weight excluding hydrogens is 600 g/mol. The highest BCUT2D eigenvalue weighted by molar-refractivity contribution is 5.93. The van der Waals surface area contributed by atoms with Crippen molar-refractivity contribution in [1.82, 2.24) is 10.2 Å². The third-order valence-electron chi connectivity index (χ3n) is 9.22. The maximum Gasteiger partial charge on any atom is 0.287 e. The van der Waals surface area contributed by atoms with Gasteiger partial charge in [-0.1, -0.05) is 84.7 Å². The van der Waals surface area contributed by atoms with Gasteiger partial charge < -0.3 is 19.4 Å². The molecule has 2 heterocycles. The number of allylic oxidation sites excluding steroid dienone is 1. The minimum absolute atomic E-state index is 0.00681. The zero-order chi connectivity index (χ0) is 33.9. The molecule has 1 aliphatic heterocycles. The summed E-state index contributed by atoms with van der Waals surface area (Å²) in [5, 5.41) is 3.27. The van der Waals surface area contributed by atoms with Gasteiger partial charge in [0.2, 0.25) is 5.91 Å². The molecule has 48 heavy (non-hydrogen) atoms. The zero-order valence-corrected chi connectivity index (χ0v) is 28.6. The number of carbonyl (C=O) groups is 2. The Morgan fingerprint density at radius 2 is 1.69 bits per heavy atom. The standard InChI is InChI=1S/C33H38N2O5.C8H10/c1-2-3-19-39-26-14-15-30-28(20-26)29(36)21-31(40-30)33(38)34-17-16-23-10-12-24(13-11-23)27-8-5-4-7-25(27)22-35-18-6-9-32(35)37;1-7-3-5-8(2)6-4-7/h4-5,7-8,14-16,20-21,24H,2-3,6,9-13,17-19,22H2,1H3,(H,34,38);3-6H,1-2H3. The minimum atomic E-state index is -0.404. The molecule has 0 unspecified atom stereocenters. The third-order valence-corrected chi connectivity index (χ3v) is 9.22. The second kappa shape index (κ2) is 17.0. The van der Waals surface area contributed by atoms with E-state index in [4.69, 9.17) is 9.15 Å². The Morgan fingerprint density at radius 1 is 0.958 bits per heavy atom. The first-order chi connectivity index (χ1) is 23.3. The summed E-state index contributed by atoms with van der Waals surface area (Å²) in [6.45, 7) is 8.83. The first-order valence-corrected chi connectivity index (χ1v) is 17.4. The number of benzene rings is 3. The lowest BCUT2D eigenvalue weighted by atomic mass is 9.80. The number of likely N-dealkylation sites (tertiary alicyclic amines) is 1. The van der Waals surface area contributed by atoms with Crippen LogP contribution in [-0.2, 0) is 11.3 Å². The van der Waals surface area contributed by atoms with E-state index in [2.05, 4.69) is 80.7 Å².